The number of methoxy groups -OCH3 is 1. The van der Waals surface area contributed by atoms with Crippen LogP contribution in [0.5, 0.6) is 0 Å². The molecule has 0 amide bonds. The van der Waals surface area contributed by atoms with Gasteiger partial charge in [0.25, 0.3) is 0 Å². The molecular weight excluding hydrogens is 406 g/mol. The van der Waals surface area contributed by atoms with Gasteiger partial charge in [0.1, 0.15) is 5.82 Å². The number of fused-ring (bicyclic) bond motifs is 1. The maximum atomic E-state index is 12.4. The summed E-state index contributed by atoms with van der Waals surface area (Å²) in [6.45, 7) is 0.584. The number of hydrogen-bond donors (Lipinski definition) is 0. The molecule has 0 spiro atoms. The van der Waals surface area contributed by atoms with Crippen molar-refractivity contribution < 1.29 is 9.53 Å². The fraction of sp³-hybridized carbons (Fsp3) is 0.160. The zero-order valence-corrected chi connectivity index (χ0v) is 18.1. The molecule has 0 atom stereocenters. The van der Waals surface area contributed by atoms with Gasteiger partial charge < -0.3 is 9.30 Å². The summed E-state index contributed by atoms with van der Waals surface area (Å²) in [6, 6.07) is 23.5. The number of rotatable bonds is 6. The molecule has 154 valence electrons. The molecule has 1 aromatic heterocycles. The fourth-order valence-corrected chi connectivity index (χ4v) is 4.20. The molecule has 0 radical (unpaired) electrons. The number of benzene rings is 3. The molecule has 0 N–H and O–H groups in total. The van der Waals surface area contributed by atoms with Gasteiger partial charge in [0, 0.05) is 6.54 Å². The van der Waals surface area contributed by atoms with E-state index < -0.39 is 0 Å². The lowest BCUT2D eigenvalue weighted by molar-refractivity contribution is 0.0602. The number of para-hydroxylation sites is 1. The Morgan fingerprint density at radius 3 is 2.58 bits per heavy atom. The highest BCUT2D eigenvalue weighted by molar-refractivity contribution is 7.97. The van der Waals surface area contributed by atoms with Crippen LogP contribution in [0.4, 0.5) is 0 Å². The molecule has 0 unspecified atom stereocenters. The van der Waals surface area contributed by atoms with Gasteiger partial charge in [-0.25, -0.2) is 9.78 Å². The highest BCUT2D eigenvalue weighted by Gasteiger charge is 2.18. The molecule has 0 bridgehead atoms. The summed E-state index contributed by atoms with van der Waals surface area (Å²) in [7, 11) is 1.39. The van der Waals surface area contributed by atoms with E-state index in [9.17, 15) is 10.1 Å². The first kappa shape index (κ1) is 20.7. The second-order valence-corrected chi connectivity index (χ2v) is 7.93. The summed E-state index contributed by atoms with van der Waals surface area (Å²) in [5.41, 5.74) is 5.74. The SMILES string of the molecule is COC(=O)c1cccc2nc(CSC)n(Cc3ccc(-c4ccccc4C#N)cc3)c12. The summed E-state index contributed by atoms with van der Waals surface area (Å²) in [4.78, 5) is 17.1. The van der Waals surface area contributed by atoms with Gasteiger partial charge in [-0.1, -0.05) is 48.5 Å². The Bertz CT molecular complexity index is 1290. The predicted molar refractivity (Wildman–Crippen MR) is 124 cm³/mol. The van der Waals surface area contributed by atoms with E-state index in [0.29, 0.717) is 17.7 Å². The van der Waals surface area contributed by atoms with E-state index in [2.05, 4.69) is 22.8 Å². The molecule has 0 aliphatic rings. The third kappa shape index (κ3) is 4.05. The minimum atomic E-state index is -0.370. The van der Waals surface area contributed by atoms with E-state index in [0.717, 1.165) is 39.3 Å². The van der Waals surface area contributed by atoms with Gasteiger partial charge in [-0.05, 0) is 41.1 Å². The van der Waals surface area contributed by atoms with Gasteiger partial charge >= 0.3 is 5.97 Å². The van der Waals surface area contributed by atoms with Crippen molar-refractivity contribution in [3.8, 4) is 17.2 Å². The lowest BCUT2D eigenvalue weighted by Crippen LogP contribution is -2.09. The highest BCUT2D eigenvalue weighted by Crippen LogP contribution is 2.27. The maximum absolute atomic E-state index is 12.4. The maximum Gasteiger partial charge on any atom is 0.340 e. The molecule has 3 aromatic carbocycles. The second-order valence-electron chi connectivity index (χ2n) is 7.07. The van der Waals surface area contributed by atoms with Crippen molar-refractivity contribution in [3.63, 3.8) is 0 Å². The second kappa shape index (κ2) is 9.07. The van der Waals surface area contributed by atoms with Crippen LogP contribution in [0.15, 0.2) is 66.7 Å². The smallest absolute Gasteiger partial charge is 0.340 e. The Balaban J connectivity index is 1.75. The van der Waals surface area contributed by atoms with Crippen molar-refractivity contribution in [2.75, 3.05) is 13.4 Å². The summed E-state index contributed by atoms with van der Waals surface area (Å²) in [5, 5.41) is 9.38. The van der Waals surface area contributed by atoms with Gasteiger partial charge in [-0.2, -0.15) is 17.0 Å². The number of aromatic nitrogens is 2. The van der Waals surface area contributed by atoms with Gasteiger partial charge in [-0.15, -0.1) is 0 Å². The standard InChI is InChI=1S/C25H21N3O2S/c1-30-25(29)21-8-5-9-22-24(21)28(23(27-22)16-31-2)15-17-10-12-18(13-11-17)20-7-4-3-6-19(20)14-26/h3-13H,15-16H2,1-2H3. The molecule has 0 aliphatic heterocycles. The summed E-state index contributed by atoms with van der Waals surface area (Å²) >= 11 is 1.69. The van der Waals surface area contributed by atoms with Crippen LogP contribution in [-0.2, 0) is 17.0 Å². The van der Waals surface area contributed by atoms with Crippen LogP contribution in [0.2, 0.25) is 0 Å². The third-order valence-corrected chi connectivity index (χ3v) is 5.72. The van der Waals surface area contributed by atoms with Crippen LogP contribution in [0.1, 0.15) is 27.3 Å². The van der Waals surface area contributed by atoms with Crippen molar-refractivity contribution in [1.29, 1.82) is 5.26 Å². The first-order valence-corrected chi connectivity index (χ1v) is 11.2. The number of thioether (sulfide) groups is 1. The van der Waals surface area contributed by atoms with E-state index in [1.165, 1.54) is 7.11 Å². The zero-order chi connectivity index (χ0) is 21.8. The fourth-order valence-electron chi connectivity index (χ4n) is 3.72. The Morgan fingerprint density at radius 1 is 1.10 bits per heavy atom. The van der Waals surface area contributed by atoms with Gasteiger partial charge in [0.15, 0.2) is 0 Å². The number of carbonyl (C=O) groups is 1. The number of nitrogens with zero attached hydrogens (tertiary/aromatic N) is 3. The lowest BCUT2D eigenvalue weighted by atomic mass is 9.99. The van der Waals surface area contributed by atoms with Gasteiger partial charge in [-0.3, -0.25) is 0 Å². The van der Waals surface area contributed by atoms with E-state index >= 15 is 0 Å². The van der Waals surface area contributed by atoms with Crippen molar-refractivity contribution in [3.05, 3.63) is 89.2 Å². The van der Waals surface area contributed by atoms with Crippen LogP contribution in [0.25, 0.3) is 22.2 Å². The number of ether oxygens (including phenoxy) is 1. The van der Waals surface area contributed by atoms with Crippen molar-refractivity contribution >= 4 is 28.8 Å². The minimum absolute atomic E-state index is 0.370. The first-order valence-electron chi connectivity index (χ1n) is 9.80. The summed E-state index contributed by atoms with van der Waals surface area (Å²) in [5.74, 6) is 1.28. The molecule has 31 heavy (non-hydrogen) atoms. The predicted octanol–water partition coefficient (Wildman–Crippen LogP) is 5.27. The number of imidazole rings is 1. The molecule has 0 fully saturated rings. The lowest BCUT2D eigenvalue weighted by Gasteiger charge is -2.12. The van der Waals surface area contributed by atoms with Gasteiger partial charge in [0.2, 0.25) is 0 Å². The third-order valence-electron chi connectivity index (χ3n) is 5.18. The quantitative estimate of drug-likeness (QED) is 0.392. The normalized spacial score (nSPS) is 10.7. The zero-order valence-electron chi connectivity index (χ0n) is 17.3. The van der Waals surface area contributed by atoms with E-state index in [1.807, 2.05) is 54.8 Å². The van der Waals surface area contributed by atoms with Crippen LogP contribution >= 0.6 is 11.8 Å². The molecule has 0 saturated heterocycles. The van der Waals surface area contributed by atoms with Crippen molar-refractivity contribution in [2.24, 2.45) is 0 Å². The number of nitriles is 1. The average Bonchev–Trinajstić information content (AvgIpc) is 3.16. The Labute approximate surface area is 185 Å². The number of esters is 1. The van der Waals surface area contributed by atoms with Crippen LogP contribution in [0.3, 0.4) is 0 Å². The molecule has 4 aromatic rings. The largest absolute Gasteiger partial charge is 0.465 e. The van der Waals surface area contributed by atoms with Crippen molar-refractivity contribution in [1.82, 2.24) is 9.55 Å². The summed E-state index contributed by atoms with van der Waals surface area (Å²) in [6.07, 6.45) is 2.03. The minimum Gasteiger partial charge on any atom is -0.465 e. The van der Waals surface area contributed by atoms with E-state index in [1.54, 1.807) is 17.8 Å². The van der Waals surface area contributed by atoms with Crippen LogP contribution in [0, 0.1) is 11.3 Å². The molecule has 1 heterocycles. The van der Waals surface area contributed by atoms with Gasteiger partial charge in [0.05, 0.1) is 41.1 Å². The van der Waals surface area contributed by atoms with E-state index in [4.69, 9.17) is 9.72 Å². The highest BCUT2D eigenvalue weighted by atomic mass is 32.2. The van der Waals surface area contributed by atoms with Crippen LogP contribution in [-0.4, -0.2) is 28.9 Å². The monoisotopic (exact) mass is 427 g/mol. The Morgan fingerprint density at radius 2 is 1.87 bits per heavy atom. The van der Waals surface area contributed by atoms with E-state index in [-0.39, 0.29) is 5.97 Å². The Kier molecular flexibility index (Phi) is 6.06. The molecule has 6 heteroatoms. The molecule has 4 rings (SSSR count). The summed E-state index contributed by atoms with van der Waals surface area (Å²) < 4.78 is 7.09. The average molecular weight is 428 g/mol. The Hall–Kier alpha value is -3.56. The molecule has 0 aliphatic carbocycles. The molecule has 5 nitrogen and oxygen atoms in total. The van der Waals surface area contributed by atoms with Crippen molar-refractivity contribution in [2.45, 2.75) is 12.3 Å². The molecular formula is C25H21N3O2S. The van der Waals surface area contributed by atoms with Crippen LogP contribution < -0.4 is 0 Å². The topological polar surface area (TPSA) is 67.9 Å². The number of hydrogen-bond acceptors (Lipinski definition) is 5. The first-order chi connectivity index (χ1) is 15.2. The number of carbonyl (C=O) groups excluding carboxylic acids is 1. The molecule has 0 saturated carbocycles.